The summed E-state index contributed by atoms with van der Waals surface area (Å²) in [6.07, 6.45) is 5.70. The van der Waals surface area contributed by atoms with Gasteiger partial charge in [-0.15, -0.1) is 0 Å². The van der Waals surface area contributed by atoms with Crippen molar-refractivity contribution < 1.29 is 4.79 Å². The predicted molar refractivity (Wildman–Crippen MR) is 68.4 cm³/mol. The molecule has 1 aliphatic carbocycles. The fourth-order valence-corrected chi connectivity index (χ4v) is 3.14. The van der Waals surface area contributed by atoms with Crippen molar-refractivity contribution in [3.05, 3.63) is 28.6 Å². The summed E-state index contributed by atoms with van der Waals surface area (Å²) in [7, 11) is 0. The molecular formula is C13H14N2OS. The number of aromatic nitrogens is 2. The minimum Gasteiger partial charge on any atom is -0.296 e. The molecule has 0 aliphatic heterocycles. The van der Waals surface area contributed by atoms with Crippen LogP contribution in [-0.4, -0.2) is 16.1 Å². The van der Waals surface area contributed by atoms with Gasteiger partial charge in [0.2, 0.25) is 0 Å². The molecule has 17 heavy (non-hydrogen) atoms. The van der Waals surface area contributed by atoms with E-state index in [-0.39, 0.29) is 0 Å². The number of aldehydes is 1. The Hall–Kier alpha value is -1.42. The van der Waals surface area contributed by atoms with Crippen LogP contribution in [0, 0.1) is 0 Å². The lowest BCUT2D eigenvalue weighted by Gasteiger charge is -2.10. The Morgan fingerprint density at radius 3 is 2.88 bits per heavy atom. The van der Waals surface area contributed by atoms with Crippen LogP contribution < -0.4 is 0 Å². The molecule has 1 aliphatic rings. The van der Waals surface area contributed by atoms with Crippen LogP contribution >= 0.6 is 11.3 Å². The molecule has 4 heteroatoms. The van der Waals surface area contributed by atoms with Gasteiger partial charge in [0.05, 0.1) is 11.7 Å². The average molecular weight is 246 g/mol. The van der Waals surface area contributed by atoms with Crippen LogP contribution in [0.5, 0.6) is 0 Å². The van der Waals surface area contributed by atoms with Crippen LogP contribution in [0.4, 0.5) is 0 Å². The topological polar surface area (TPSA) is 34.9 Å². The molecule has 88 valence electrons. The van der Waals surface area contributed by atoms with Gasteiger partial charge in [-0.05, 0) is 30.4 Å². The molecule has 3 rings (SSSR count). The van der Waals surface area contributed by atoms with E-state index in [9.17, 15) is 4.79 Å². The fourth-order valence-electron chi connectivity index (χ4n) is 2.49. The van der Waals surface area contributed by atoms with Crippen LogP contribution in [0.3, 0.4) is 0 Å². The van der Waals surface area contributed by atoms with Gasteiger partial charge in [0.1, 0.15) is 5.69 Å². The lowest BCUT2D eigenvalue weighted by atomic mass is 10.2. The molecule has 0 amide bonds. The van der Waals surface area contributed by atoms with Gasteiger partial charge in [0.15, 0.2) is 6.29 Å². The maximum Gasteiger partial charge on any atom is 0.168 e. The Balaban J connectivity index is 2.00. The minimum absolute atomic E-state index is 0.419. The van der Waals surface area contributed by atoms with E-state index in [4.69, 9.17) is 0 Å². The summed E-state index contributed by atoms with van der Waals surface area (Å²) in [6.45, 7) is 0. The van der Waals surface area contributed by atoms with E-state index in [1.165, 1.54) is 12.8 Å². The minimum atomic E-state index is 0.419. The number of carbonyl (C=O) groups is 1. The number of thiophene rings is 1. The Kier molecular flexibility index (Phi) is 2.81. The van der Waals surface area contributed by atoms with Crippen molar-refractivity contribution >= 4 is 17.6 Å². The Labute approximate surface area is 104 Å². The van der Waals surface area contributed by atoms with Gasteiger partial charge in [-0.2, -0.15) is 16.4 Å². The van der Waals surface area contributed by atoms with Gasteiger partial charge in [0.25, 0.3) is 0 Å². The van der Waals surface area contributed by atoms with Crippen LogP contribution in [-0.2, 0) is 0 Å². The lowest BCUT2D eigenvalue weighted by Crippen LogP contribution is -2.09. The quantitative estimate of drug-likeness (QED) is 0.776. The van der Waals surface area contributed by atoms with Crippen molar-refractivity contribution in [3.63, 3.8) is 0 Å². The average Bonchev–Trinajstić information content (AvgIpc) is 3.09. The fraction of sp³-hybridized carbons (Fsp3) is 0.385. The van der Waals surface area contributed by atoms with Gasteiger partial charge < -0.3 is 0 Å². The van der Waals surface area contributed by atoms with E-state index in [1.54, 1.807) is 11.3 Å². The van der Waals surface area contributed by atoms with Crippen LogP contribution in [0.25, 0.3) is 11.3 Å². The van der Waals surface area contributed by atoms with Crippen LogP contribution in [0.1, 0.15) is 42.2 Å². The summed E-state index contributed by atoms with van der Waals surface area (Å²) in [5.41, 5.74) is 2.73. The molecular weight excluding hydrogens is 232 g/mol. The summed E-state index contributed by atoms with van der Waals surface area (Å²) in [6, 6.07) is 4.36. The van der Waals surface area contributed by atoms with Crippen LogP contribution in [0.15, 0.2) is 22.9 Å². The maximum atomic E-state index is 11.1. The van der Waals surface area contributed by atoms with Gasteiger partial charge in [-0.1, -0.05) is 12.8 Å². The molecule has 1 saturated carbocycles. The SMILES string of the molecule is O=Cc1cc(-c2ccsc2)nn1C1CCCC1. The van der Waals surface area contributed by atoms with Crippen molar-refractivity contribution in [3.8, 4) is 11.3 Å². The van der Waals surface area contributed by atoms with Gasteiger partial charge in [0, 0.05) is 10.9 Å². The molecule has 0 radical (unpaired) electrons. The summed E-state index contributed by atoms with van der Waals surface area (Å²) in [5.74, 6) is 0. The first-order valence-electron chi connectivity index (χ1n) is 5.96. The van der Waals surface area contributed by atoms with Crippen molar-refractivity contribution in [2.75, 3.05) is 0 Å². The molecule has 0 spiro atoms. The molecule has 0 bridgehead atoms. The molecule has 0 unspecified atom stereocenters. The highest BCUT2D eigenvalue weighted by molar-refractivity contribution is 7.08. The molecule has 2 aromatic heterocycles. The van der Waals surface area contributed by atoms with E-state index < -0.39 is 0 Å². The van der Waals surface area contributed by atoms with E-state index in [0.29, 0.717) is 11.7 Å². The van der Waals surface area contributed by atoms with E-state index in [0.717, 1.165) is 30.4 Å². The highest BCUT2D eigenvalue weighted by atomic mass is 32.1. The lowest BCUT2D eigenvalue weighted by molar-refractivity contribution is 0.111. The molecule has 0 aromatic carbocycles. The van der Waals surface area contributed by atoms with E-state index >= 15 is 0 Å². The third-order valence-electron chi connectivity index (χ3n) is 3.37. The zero-order valence-electron chi connectivity index (χ0n) is 9.50. The smallest absolute Gasteiger partial charge is 0.168 e. The normalized spacial score (nSPS) is 16.5. The van der Waals surface area contributed by atoms with Crippen LogP contribution in [0.2, 0.25) is 0 Å². The molecule has 0 atom stereocenters. The van der Waals surface area contributed by atoms with Crippen molar-refractivity contribution in [1.29, 1.82) is 0 Å². The number of hydrogen-bond donors (Lipinski definition) is 0. The third-order valence-corrected chi connectivity index (χ3v) is 4.06. The Morgan fingerprint density at radius 1 is 1.41 bits per heavy atom. The highest BCUT2D eigenvalue weighted by Gasteiger charge is 2.21. The van der Waals surface area contributed by atoms with Crippen molar-refractivity contribution in [2.24, 2.45) is 0 Å². The summed E-state index contributed by atoms with van der Waals surface area (Å²) < 4.78 is 1.92. The Bertz CT molecular complexity index is 510. The van der Waals surface area contributed by atoms with Crippen molar-refractivity contribution in [1.82, 2.24) is 9.78 Å². The van der Waals surface area contributed by atoms with Gasteiger partial charge in [-0.3, -0.25) is 9.48 Å². The zero-order chi connectivity index (χ0) is 11.7. The number of rotatable bonds is 3. The molecule has 3 nitrogen and oxygen atoms in total. The second kappa shape index (κ2) is 4.45. The standard InChI is InChI=1S/C13H14N2OS/c16-8-12-7-13(10-5-6-17-9-10)14-15(12)11-3-1-2-4-11/h5-9,11H,1-4H2. The van der Waals surface area contributed by atoms with Gasteiger partial charge >= 0.3 is 0 Å². The predicted octanol–water partition coefficient (Wildman–Crippen LogP) is 3.54. The van der Waals surface area contributed by atoms with Crippen molar-refractivity contribution in [2.45, 2.75) is 31.7 Å². The second-order valence-corrected chi connectivity index (χ2v) is 5.25. The molecule has 1 fully saturated rings. The number of nitrogens with zero attached hydrogens (tertiary/aromatic N) is 2. The maximum absolute atomic E-state index is 11.1. The monoisotopic (exact) mass is 246 g/mol. The highest BCUT2D eigenvalue weighted by Crippen LogP contribution is 2.31. The molecule has 2 aromatic rings. The largest absolute Gasteiger partial charge is 0.296 e. The Morgan fingerprint density at radius 2 is 2.24 bits per heavy atom. The first-order chi connectivity index (χ1) is 8.38. The molecule has 0 saturated heterocycles. The zero-order valence-corrected chi connectivity index (χ0v) is 10.3. The first-order valence-corrected chi connectivity index (χ1v) is 6.90. The molecule has 2 heterocycles. The summed E-state index contributed by atoms with van der Waals surface area (Å²) >= 11 is 1.65. The third kappa shape index (κ3) is 1.93. The second-order valence-electron chi connectivity index (χ2n) is 4.47. The summed E-state index contributed by atoms with van der Waals surface area (Å²) in [5, 5.41) is 8.70. The van der Waals surface area contributed by atoms with Gasteiger partial charge in [-0.25, -0.2) is 0 Å². The van der Waals surface area contributed by atoms with E-state index in [2.05, 4.69) is 10.5 Å². The number of hydrogen-bond acceptors (Lipinski definition) is 3. The molecule has 0 N–H and O–H groups in total. The van der Waals surface area contributed by atoms with E-state index in [1.807, 2.05) is 22.2 Å². The summed E-state index contributed by atoms with van der Waals surface area (Å²) in [4.78, 5) is 11.1. The first kappa shape index (κ1) is 10.7. The number of carbonyl (C=O) groups excluding carboxylic acids is 1.